The van der Waals surface area contributed by atoms with E-state index < -0.39 is 0 Å². The van der Waals surface area contributed by atoms with Crippen LogP contribution in [-0.4, -0.2) is 54.2 Å². The zero-order chi connectivity index (χ0) is 25.7. The smallest absolute Gasteiger partial charge is 0.281 e. The molecule has 9 nitrogen and oxygen atoms in total. The van der Waals surface area contributed by atoms with E-state index >= 15 is 0 Å². The minimum Gasteiger partial charge on any atom is -0.362 e. The molecular weight excluding hydrogens is 540 g/mol. The van der Waals surface area contributed by atoms with Crippen molar-refractivity contribution in [3.05, 3.63) is 49.6 Å². The first-order valence-electron chi connectivity index (χ1n) is 12.1. The average molecular weight is 570 g/mol. The summed E-state index contributed by atoms with van der Waals surface area (Å²) in [6.45, 7) is 10.2. The molecule has 0 amide bonds. The van der Waals surface area contributed by atoms with Crippen LogP contribution in [0.1, 0.15) is 49.6 Å². The number of aromatic nitrogens is 5. The molecule has 0 aromatic carbocycles. The van der Waals surface area contributed by atoms with Crippen LogP contribution >= 0.6 is 27.3 Å². The molecule has 1 fully saturated rings. The lowest BCUT2D eigenvalue weighted by molar-refractivity contribution is 0.104. The van der Waals surface area contributed by atoms with Gasteiger partial charge in [-0.2, -0.15) is 5.26 Å². The molecule has 5 rings (SSSR count). The van der Waals surface area contributed by atoms with Gasteiger partial charge < -0.3 is 4.90 Å². The normalized spacial score (nSPS) is 19.8. The Morgan fingerprint density at radius 1 is 1.28 bits per heavy atom. The number of nitrogens with zero attached hydrogens (tertiary/aromatic N) is 8. The topological polar surface area (TPSA) is 95.3 Å². The van der Waals surface area contributed by atoms with Gasteiger partial charge in [-0.3, -0.25) is 9.69 Å². The first-order valence-corrected chi connectivity index (χ1v) is 13.7. The number of pyridine rings is 1. The molecule has 188 valence electrons. The Bertz CT molecular complexity index is 1550. The van der Waals surface area contributed by atoms with Gasteiger partial charge in [0.2, 0.25) is 0 Å². The number of halogens is 1. The highest BCUT2D eigenvalue weighted by atomic mass is 79.9. The summed E-state index contributed by atoms with van der Waals surface area (Å²) in [7, 11) is 1.72. The summed E-state index contributed by atoms with van der Waals surface area (Å²) in [5, 5.41) is 10.2. The fourth-order valence-electron chi connectivity index (χ4n) is 5.23. The van der Waals surface area contributed by atoms with Crippen LogP contribution in [0.5, 0.6) is 0 Å². The average Bonchev–Trinajstić information content (AvgIpc) is 3.45. The van der Waals surface area contributed by atoms with Crippen molar-refractivity contribution in [2.24, 2.45) is 7.05 Å². The van der Waals surface area contributed by atoms with Crippen LogP contribution in [0, 0.1) is 18.3 Å². The first kappa shape index (κ1) is 24.9. The van der Waals surface area contributed by atoms with Crippen LogP contribution in [0.3, 0.4) is 0 Å². The number of piperazine rings is 1. The second kappa shape index (κ2) is 9.57. The number of thiazole rings is 1. The molecule has 0 aliphatic carbocycles. The molecule has 4 aromatic rings. The Balaban J connectivity index is 1.51. The van der Waals surface area contributed by atoms with Crippen LogP contribution in [-0.2, 0) is 13.5 Å². The number of nitriles is 1. The number of aryl methyl sites for hydroxylation is 2. The molecule has 0 radical (unpaired) electrons. The highest BCUT2D eigenvalue weighted by Gasteiger charge is 2.36. The number of hydrogen-bond acceptors (Lipinski definition) is 8. The summed E-state index contributed by atoms with van der Waals surface area (Å²) in [6, 6.07) is 6.87. The molecule has 5 heterocycles. The number of fused-ring (bicyclic) bond motifs is 2. The van der Waals surface area contributed by atoms with Gasteiger partial charge in [0.15, 0.2) is 5.65 Å². The second-order valence-electron chi connectivity index (χ2n) is 9.46. The van der Waals surface area contributed by atoms with Gasteiger partial charge in [0.25, 0.3) is 5.56 Å². The highest BCUT2D eigenvalue weighted by Crippen LogP contribution is 2.35. The summed E-state index contributed by atoms with van der Waals surface area (Å²) in [4.78, 5) is 33.1. The van der Waals surface area contributed by atoms with Gasteiger partial charge in [-0.05, 0) is 55.3 Å². The van der Waals surface area contributed by atoms with Gasteiger partial charge in [-0.15, -0.1) is 0 Å². The quantitative estimate of drug-likeness (QED) is 0.355. The molecule has 0 bridgehead atoms. The molecule has 1 aliphatic rings. The molecule has 1 aliphatic heterocycles. The zero-order valence-corrected chi connectivity index (χ0v) is 23.5. The third-order valence-electron chi connectivity index (χ3n) is 7.17. The Hall–Kier alpha value is -2.81. The van der Waals surface area contributed by atoms with Crippen molar-refractivity contribution in [2.45, 2.75) is 58.7 Å². The highest BCUT2D eigenvalue weighted by molar-refractivity contribution is 9.10. The molecule has 1 unspecified atom stereocenters. The third kappa shape index (κ3) is 4.11. The summed E-state index contributed by atoms with van der Waals surface area (Å²) < 4.78 is 3.79. The number of hydrogen-bond donors (Lipinski definition) is 0. The fourth-order valence-corrected chi connectivity index (χ4v) is 6.68. The van der Waals surface area contributed by atoms with Crippen molar-refractivity contribution >= 4 is 48.9 Å². The first-order chi connectivity index (χ1) is 17.2. The summed E-state index contributed by atoms with van der Waals surface area (Å²) in [5.74, 6) is 0. The number of anilines is 1. The van der Waals surface area contributed by atoms with Gasteiger partial charge in [-0.1, -0.05) is 18.3 Å². The molecule has 0 spiro atoms. The van der Waals surface area contributed by atoms with E-state index in [1.165, 1.54) is 4.68 Å². The maximum atomic E-state index is 13.1. The summed E-state index contributed by atoms with van der Waals surface area (Å²) >= 11 is 5.22. The molecule has 0 saturated carbocycles. The van der Waals surface area contributed by atoms with Crippen LogP contribution in [0.25, 0.3) is 16.0 Å². The lowest BCUT2D eigenvalue weighted by atomic mass is 10.0. The predicted molar refractivity (Wildman–Crippen MR) is 146 cm³/mol. The largest absolute Gasteiger partial charge is 0.362 e. The van der Waals surface area contributed by atoms with E-state index in [0.29, 0.717) is 15.8 Å². The molecular formula is C25H29BrN8OS. The predicted octanol–water partition coefficient (Wildman–Crippen LogP) is 4.23. The van der Waals surface area contributed by atoms with Crippen molar-refractivity contribution in [3.8, 4) is 6.07 Å². The van der Waals surface area contributed by atoms with E-state index in [9.17, 15) is 10.1 Å². The third-order valence-corrected chi connectivity index (χ3v) is 8.77. The Kier molecular flexibility index (Phi) is 6.61. The fraction of sp³-hybridized carbons (Fsp3) is 0.480. The standard InChI is InChI=1S/C25H29BrN8OS/c1-6-18-13-32(22-21(26)25(35)31(5)34-12-17(9-10-27)29-23(22)34)14(2)11-33(18)15(3)19-7-8-20-24(30-19)36-16(4)28-20/h7-8,12,14-15,18H,6,9,11,13H2,1-5H3/t14-,15?,18+/m0/s1. The Morgan fingerprint density at radius 3 is 2.78 bits per heavy atom. The Morgan fingerprint density at radius 2 is 2.06 bits per heavy atom. The van der Waals surface area contributed by atoms with Crippen molar-refractivity contribution in [1.29, 1.82) is 5.26 Å². The molecule has 0 N–H and O–H groups in total. The lowest BCUT2D eigenvalue weighted by Crippen LogP contribution is -2.58. The molecule has 3 atom stereocenters. The summed E-state index contributed by atoms with van der Waals surface area (Å²) in [6.07, 6.45) is 2.93. The van der Waals surface area contributed by atoms with Gasteiger partial charge in [0.05, 0.1) is 35.1 Å². The molecule has 11 heteroatoms. The minimum absolute atomic E-state index is 0.132. The Labute approximate surface area is 222 Å². The van der Waals surface area contributed by atoms with E-state index in [2.05, 4.69) is 69.7 Å². The maximum absolute atomic E-state index is 13.1. The van der Waals surface area contributed by atoms with E-state index in [1.54, 1.807) is 29.1 Å². The lowest BCUT2D eigenvalue weighted by Gasteiger charge is -2.48. The SMILES string of the molecule is CC[C@@H]1CN(c2c(Br)c(=O)n(C)n3cc(CC#N)nc23)[C@@H](C)CN1C(C)c1ccc2nc(C)sc2n1. The summed E-state index contributed by atoms with van der Waals surface area (Å²) in [5.41, 5.74) is 4.00. The van der Waals surface area contributed by atoms with Crippen molar-refractivity contribution in [3.63, 3.8) is 0 Å². The monoisotopic (exact) mass is 568 g/mol. The van der Waals surface area contributed by atoms with E-state index in [4.69, 9.17) is 9.97 Å². The van der Waals surface area contributed by atoms with Gasteiger partial charge >= 0.3 is 0 Å². The minimum atomic E-state index is -0.133. The van der Waals surface area contributed by atoms with Crippen molar-refractivity contribution < 1.29 is 0 Å². The van der Waals surface area contributed by atoms with Crippen LogP contribution in [0.4, 0.5) is 5.69 Å². The van der Waals surface area contributed by atoms with Gasteiger partial charge in [0, 0.05) is 38.3 Å². The van der Waals surface area contributed by atoms with Crippen LogP contribution < -0.4 is 10.5 Å². The second-order valence-corrected chi connectivity index (χ2v) is 11.4. The number of rotatable bonds is 5. The molecule has 36 heavy (non-hydrogen) atoms. The number of imidazole rings is 1. The van der Waals surface area contributed by atoms with Gasteiger partial charge in [-0.25, -0.2) is 24.1 Å². The van der Waals surface area contributed by atoms with Crippen molar-refractivity contribution in [1.82, 2.24) is 29.0 Å². The van der Waals surface area contributed by atoms with Crippen LogP contribution in [0.15, 0.2) is 27.6 Å². The van der Waals surface area contributed by atoms with E-state index in [0.717, 1.165) is 46.2 Å². The van der Waals surface area contributed by atoms with Gasteiger partial charge in [0.1, 0.15) is 20.5 Å². The van der Waals surface area contributed by atoms with E-state index in [-0.39, 0.29) is 30.1 Å². The molecule has 1 saturated heterocycles. The van der Waals surface area contributed by atoms with Crippen LogP contribution in [0.2, 0.25) is 0 Å². The maximum Gasteiger partial charge on any atom is 0.281 e. The zero-order valence-electron chi connectivity index (χ0n) is 21.1. The molecule has 4 aromatic heterocycles. The van der Waals surface area contributed by atoms with Crippen molar-refractivity contribution in [2.75, 3.05) is 18.0 Å². The van der Waals surface area contributed by atoms with E-state index in [1.807, 2.05) is 6.92 Å².